The van der Waals surface area contributed by atoms with E-state index in [0.717, 1.165) is 6.54 Å². The molecule has 1 aliphatic rings. The first-order valence-corrected chi connectivity index (χ1v) is 7.05. The maximum absolute atomic E-state index is 12.1. The fourth-order valence-electron chi connectivity index (χ4n) is 2.71. The van der Waals surface area contributed by atoms with Crippen LogP contribution in [0.2, 0.25) is 0 Å². The molecule has 1 aromatic rings. The van der Waals surface area contributed by atoms with Crippen molar-refractivity contribution in [3.8, 4) is 6.07 Å². The number of carbonyl (C=O) groups is 1. The minimum Gasteiger partial charge on any atom is -0.357 e. The molecule has 0 bridgehead atoms. The van der Waals surface area contributed by atoms with Gasteiger partial charge in [-0.25, -0.2) is 9.97 Å². The molecule has 21 heavy (non-hydrogen) atoms. The molecule has 0 spiro atoms. The van der Waals surface area contributed by atoms with E-state index in [9.17, 15) is 4.79 Å². The number of nitriles is 1. The number of anilines is 1. The Labute approximate surface area is 125 Å². The summed E-state index contributed by atoms with van der Waals surface area (Å²) >= 11 is 0. The van der Waals surface area contributed by atoms with E-state index in [-0.39, 0.29) is 17.4 Å². The molecule has 1 amide bonds. The highest BCUT2D eigenvalue weighted by molar-refractivity contribution is 5.79. The van der Waals surface area contributed by atoms with Crippen molar-refractivity contribution in [3.05, 3.63) is 18.1 Å². The summed E-state index contributed by atoms with van der Waals surface area (Å²) in [5.74, 6) is 1.01. The minimum absolute atomic E-state index is 0.144. The lowest BCUT2D eigenvalue weighted by atomic mass is 10.1. The second-order valence-corrected chi connectivity index (χ2v) is 6.47. The molecule has 1 atom stereocenters. The highest BCUT2D eigenvalue weighted by atomic mass is 16.2. The van der Waals surface area contributed by atoms with E-state index in [1.54, 1.807) is 6.20 Å². The van der Waals surface area contributed by atoms with Gasteiger partial charge >= 0.3 is 0 Å². The molecule has 0 aromatic carbocycles. The van der Waals surface area contributed by atoms with Crippen molar-refractivity contribution < 1.29 is 4.79 Å². The van der Waals surface area contributed by atoms with Gasteiger partial charge in [-0.2, -0.15) is 5.26 Å². The molecule has 2 rings (SSSR count). The fourth-order valence-corrected chi connectivity index (χ4v) is 2.71. The standard InChI is InChI=1S/C15H21N5O/c1-15(2,3)20-10-11(7-13(20)21)9-19(4)14-12(8-16)17-5-6-18-14/h5-6,11H,7,9-10H2,1-4H3. The number of likely N-dealkylation sites (tertiary alicyclic amines) is 1. The predicted octanol–water partition coefficient (Wildman–Crippen LogP) is 1.43. The van der Waals surface area contributed by atoms with Crippen LogP contribution in [-0.4, -0.2) is 46.5 Å². The van der Waals surface area contributed by atoms with Crippen LogP contribution in [0.4, 0.5) is 5.82 Å². The zero-order valence-electron chi connectivity index (χ0n) is 13.0. The Bertz CT molecular complexity index is 572. The van der Waals surface area contributed by atoms with Crippen LogP contribution in [0.3, 0.4) is 0 Å². The van der Waals surface area contributed by atoms with E-state index in [2.05, 4.69) is 16.0 Å². The van der Waals surface area contributed by atoms with E-state index < -0.39 is 0 Å². The van der Waals surface area contributed by atoms with E-state index in [4.69, 9.17) is 5.26 Å². The average Bonchev–Trinajstić information content (AvgIpc) is 2.79. The number of aromatic nitrogens is 2. The van der Waals surface area contributed by atoms with Gasteiger partial charge in [0.25, 0.3) is 0 Å². The van der Waals surface area contributed by atoms with Crippen LogP contribution in [0.1, 0.15) is 32.9 Å². The van der Waals surface area contributed by atoms with E-state index in [1.165, 1.54) is 6.20 Å². The summed E-state index contributed by atoms with van der Waals surface area (Å²) in [7, 11) is 1.88. The molecule has 0 saturated carbocycles. The molecule has 6 nitrogen and oxygen atoms in total. The molecule has 6 heteroatoms. The zero-order valence-corrected chi connectivity index (χ0v) is 13.0. The summed E-state index contributed by atoms with van der Waals surface area (Å²) in [5, 5.41) is 9.08. The lowest BCUT2D eigenvalue weighted by molar-refractivity contribution is -0.131. The zero-order chi connectivity index (χ0) is 15.6. The van der Waals surface area contributed by atoms with Gasteiger partial charge in [-0.1, -0.05) is 0 Å². The summed E-state index contributed by atoms with van der Waals surface area (Å²) in [6.45, 7) is 7.58. The minimum atomic E-state index is -0.144. The highest BCUT2D eigenvalue weighted by Crippen LogP contribution is 2.27. The first-order valence-electron chi connectivity index (χ1n) is 7.05. The molecule has 0 aliphatic carbocycles. The van der Waals surface area contributed by atoms with Gasteiger partial charge in [0.2, 0.25) is 5.91 Å². The monoisotopic (exact) mass is 287 g/mol. The molecule has 1 fully saturated rings. The van der Waals surface area contributed by atoms with Crippen molar-refractivity contribution in [1.29, 1.82) is 5.26 Å². The third-order valence-corrected chi connectivity index (χ3v) is 3.69. The Balaban J connectivity index is 2.07. The van der Waals surface area contributed by atoms with Gasteiger partial charge < -0.3 is 9.80 Å². The van der Waals surface area contributed by atoms with Crippen molar-refractivity contribution in [1.82, 2.24) is 14.9 Å². The molecule has 0 N–H and O–H groups in total. The van der Waals surface area contributed by atoms with Crippen LogP contribution in [-0.2, 0) is 4.79 Å². The van der Waals surface area contributed by atoms with Crippen LogP contribution < -0.4 is 4.90 Å². The molecule has 2 heterocycles. The number of hydrogen-bond donors (Lipinski definition) is 0. The van der Waals surface area contributed by atoms with Crippen LogP contribution in [0, 0.1) is 17.2 Å². The third-order valence-electron chi connectivity index (χ3n) is 3.69. The van der Waals surface area contributed by atoms with Crippen LogP contribution in [0.5, 0.6) is 0 Å². The molecule has 0 radical (unpaired) electrons. The highest BCUT2D eigenvalue weighted by Gasteiger charge is 2.36. The molecular weight excluding hydrogens is 266 g/mol. The average molecular weight is 287 g/mol. The van der Waals surface area contributed by atoms with Gasteiger partial charge in [0.15, 0.2) is 11.5 Å². The Morgan fingerprint density at radius 3 is 2.67 bits per heavy atom. The Morgan fingerprint density at radius 2 is 2.10 bits per heavy atom. The van der Waals surface area contributed by atoms with Crippen LogP contribution in [0.25, 0.3) is 0 Å². The Kier molecular flexibility index (Phi) is 4.12. The van der Waals surface area contributed by atoms with E-state index in [1.807, 2.05) is 37.6 Å². The Morgan fingerprint density at radius 1 is 1.43 bits per heavy atom. The maximum Gasteiger partial charge on any atom is 0.223 e. The second-order valence-electron chi connectivity index (χ2n) is 6.47. The van der Waals surface area contributed by atoms with Crippen molar-refractivity contribution in [2.45, 2.75) is 32.7 Å². The molecule has 1 aliphatic heterocycles. The number of nitrogens with zero attached hydrogens (tertiary/aromatic N) is 5. The van der Waals surface area contributed by atoms with Crippen molar-refractivity contribution >= 4 is 11.7 Å². The summed E-state index contributed by atoms with van der Waals surface area (Å²) in [6.07, 6.45) is 3.63. The van der Waals surface area contributed by atoms with Gasteiger partial charge in [-0.15, -0.1) is 0 Å². The van der Waals surface area contributed by atoms with Crippen molar-refractivity contribution in [2.75, 3.05) is 25.0 Å². The predicted molar refractivity (Wildman–Crippen MR) is 79.6 cm³/mol. The molecule has 112 valence electrons. The van der Waals surface area contributed by atoms with Crippen LogP contribution >= 0.6 is 0 Å². The molecular formula is C15H21N5O. The van der Waals surface area contributed by atoms with Gasteiger partial charge in [0.1, 0.15) is 6.07 Å². The maximum atomic E-state index is 12.1. The summed E-state index contributed by atoms with van der Waals surface area (Å²) < 4.78 is 0. The summed E-state index contributed by atoms with van der Waals surface area (Å²) in [5.41, 5.74) is 0.173. The molecule has 1 saturated heterocycles. The summed E-state index contributed by atoms with van der Waals surface area (Å²) in [6, 6.07) is 2.05. The van der Waals surface area contributed by atoms with E-state index in [0.29, 0.717) is 24.5 Å². The summed E-state index contributed by atoms with van der Waals surface area (Å²) in [4.78, 5) is 24.2. The van der Waals surface area contributed by atoms with Crippen molar-refractivity contribution in [3.63, 3.8) is 0 Å². The van der Waals surface area contributed by atoms with Gasteiger partial charge in [0.05, 0.1) is 0 Å². The Hall–Kier alpha value is -2.16. The smallest absolute Gasteiger partial charge is 0.223 e. The second kappa shape index (κ2) is 5.68. The number of carbonyl (C=O) groups excluding carboxylic acids is 1. The van der Waals surface area contributed by atoms with Gasteiger partial charge in [-0.3, -0.25) is 4.79 Å². The lowest BCUT2D eigenvalue weighted by Crippen LogP contribution is -2.42. The largest absolute Gasteiger partial charge is 0.357 e. The topological polar surface area (TPSA) is 73.1 Å². The molecule has 1 unspecified atom stereocenters. The first-order chi connectivity index (χ1) is 9.82. The number of amides is 1. The van der Waals surface area contributed by atoms with Crippen LogP contribution in [0.15, 0.2) is 12.4 Å². The SMILES string of the molecule is CN(CC1CC(=O)N(C(C)(C)C)C1)c1nccnc1C#N. The van der Waals surface area contributed by atoms with Gasteiger partial charge in [-0.05, 0) is 20.8 Å². The lowest BCUT2D eigenvalue weighted by Gasteiger charge is -2.32. The number of rotatable bonds is 3. The normalized spacial score (nSPS) is 18.7. The third kappa shape index (κ3) is 3.30. The van der Waals surface area contributed by atoms with E-state index >= 15 is 0 Å². The van der Waals surface area contributed by atoms with Gasteiger partial charge in [0, 0.05) is 50.4 Å². The fraction of sp³-hybridized carbons (Fsp3) is 0.600. The van der Waals surface area contributed by atoms with Crippen molar-refractivity contribution in [2.24, 2.45) is 5.92 Å². The number of hydrogen-bond acceptors (Lipinski definition) is 5. The quantitative estimate of drug-likeness (QED) is 0.841. The first kappa shape index (κ1) is 15.2. The molecule has 1 aromatic heterocycles.